The van der Waals surface area contributed by atoms with Crippen molar-refractivity contribution in [2.75, 3.05) is 21.3 Å². The zero-order valence-electron chi connectivity index (χ0n) is 20.6. The van der Waals surface area contributed by atoms with E-state index in [9.17, 15) is 0 Å². The summed E-state index contributed by atoms with van der Waals surface area (Å²) >= 11 is 0. The van der Waals surface area contributed by atoms with Gasteiger partial charge in [-0.25, -0.2) is 0 Å². The van der Waals surface area contributed by atoms with Crippen LogP contribution in [-0.2, 0) is 25.7 Å². The van der Waals surface area contributed by atoms with Crippen LogP contribution in [0.15, 0.2) is 91.0 Å². The third-order valence-corrected chi connectivity index (χ3v) is 6.05. The Bertz CT molecular complexity index is 1230. The third-order valence-electron chi connectivity index (χ3n) is 6.05. The van der Waals surface area contributed by atoms with Crippen LogP contribution in [0.25, 0.3) is 0 Å². The number of benzene rings is 4. The Hall–Kier alpha value is -3.92. The second-order valence-electron chi connectivity index (χ2n) is 8.43. The lowest BCUT2D eigenvalue weighted by molar-refractivity contribution is 0.378. The number of hydrogen-bond donors (Lipinski definition) is 0. The van der Waals surface area contributed by atoms with E-state index in [1.165, 1.54) is 22.3 Å². The molecule has 0 saturated heterocycles. The van der Waals surface area contributed by atoms with Gasteiger partial charge in [0.15, 0.2) is 11.5 Å². The topological polar surface area (TPSA) is 36.9 Å². The van der Waals surface area contributed by atoms with E-state index >= 15 is 0 Å². The number of methoxy groups -OCH3 is 3. The maximum Gasteiger partial charge on any atom is 0.169 e. The molecule has 35 heavy (non-hydrogen) atoms. The highest BCUT2D eigenvalue weighted by atomic mass is 16.5. The van der Waals surface area contributed by atoms with Gasteiger partial charge in [0.05, 0.1) is 21.3 Å². The van der Waals surface area contributed by atoms with Crippen molar-refractivity contribution in [3.05, 3.63) is 113 Å². The van der Waals surface area contributed by atoms with E-state index in [4.69, 9.17) is 18.9 Å². The van der Waals surface area contributed by atoms with Crippen LogP contribution >= 0.6 is 0 Å². The average molecular weight is 469 g/mol. The van der Waals surface area contributed by atoms with Crippen LogP contribution in [0.1, 0.15) is 22.3 Å². The molecule has 0 fully saturated rings. The Morgan fingerprint density at radius 3 is 1.49 bits per heavy atom. The average Bonchev–Trinajstić information content (AvgIpc) is 2.92. The van der Waals surface area contributed by atoms with Crippen molar-refractivity contribution in [3.63, 3.8) is 0 Å². The molecule has 0 atom stereocenters. The molecule has 0 N–H and O–H groups in total. The molecule has 0 aromatic heterocycles. The maximum absolute atomic E-state index is 6.22. The molecular weight excluding hydrogens is 436 g/mol. The summed E-state index contributed by atoms with van der Waals surface area (Å²) in [6, 6.07) is 30.8. The number of hydrogen-bond acceptors (Lipinski definition) is 4. The summed E-state index contributed by atoms with van der Waals surface area (Å²) in [5.41, 5.74) is 4.96. The predicted molar refractivity (Wildman–Crippen MR) is 140 cm³/mol. The van der Waals surface area contributed by atoms with E-state index in [0.29, 0.717) is 0 Å². The second kappa shape index (κ2) is 12.0. The summed E-state index contributed by atoms with van der Waals surface area (Å²) in [5, 5.41) is 0. The van der Waals surface area contributed by atoms with Gasteiger partial charge in [0.25, 0.3) is 0 Å². The lowest BCUT2D eigenvalue weighted by Gasteiger charge is -2.13. The second-order valence-corrected chi connectivity index (χ2v) is 8.43. The fourth-order valence-corrected chi connectivity index (χ4v) is 4.04. The minimum absolute atomic E-state index is 0.720. The molecule has 0 radical (unpaired) electrons. The van der Waals surface area contributed by atoms with Crippen molar-refractivity contribution in [1.29, 1.82) is 0 Å². The standard InChI is InChI=1S/C31H32O4/c1-32-28-8-4-6-24(20-28)11-10-23-14-17-27(18-15-23)35-31-22-26(16-19-30(31)34-3)13-12-25-7-5-9-29(21-25)33-2/h4-9,14-22H,10-13H2,1-3H3. The fraction of sp³-hybridized carbons (Fsp3) is 0.226. The lowest BCUT2D eigenvalue weighted by Crippen LogP contribution is -1.96. The first-order valence-corrected chi connectivity index (χ1v) is 11.9. The smallest absolute Gasteiger partial charge is 0.169 e. The molecule has 4 aromatic carbocycles. The molecule has 0 spiro atoms. The highest BCUT2D eigenvalue weighted by molar-refractivity contribution is 5.46. The van der Waals surface area contributed by atoms with Crippen LogP contribution in [0.5, 0.6) is 28.7 Å². The summed E-state index contributed by atoms with van der Waals surface area (Å²) < 4.78 is 22.4. The fourth-order valence-electron chi connectivity index (χ4n) is 4.04. The number of ether oxygens (including phenoxy) is 4. The van der Waals surface area contributed by atoms with Crippen molar-refractivity contribution >= 4 is 0 Å². The van der Waals surface area contributed by atoms with Crippen LogP contribution in [0.2, 0.25) is 0 Å². The molecule has 0 aliphatic heterocycles. The predicted octanol–water partition coefficient (Wildman–Crippen LogP) is 7.08. The molecule has 4 aromatic rings. The quantitative estimate of drug-likeness (QED) is 0.236. The van der Waals surface area contributed by atoms with Crippen molar-refractivity contribution in [2.24, 2.45) is 0 Å². The summed E-state index contributed by atoms with van der Waals surface area (Å²) in [6.07, 6.45) is 3.73. The summed E-state index contributed by atoms with van der Waals surface area (Å²) in [7, 11) is 5.06. The summed E-state index contributed by atoms with van der Waals surface area (Å²) in [4.78, 5) is 0. The molecule has 4 heteroatoms. The zero-order chi connectivity index (χ0) is 24.5. The first kappa shape index (κ1) is 24.2. The molecule has 0 heterocycles. The van der Waals surface area contributed by atoms with Gasteiger partial charge >= 0.3 is 0 Å². The Kier molecular flexibility index (Phi) is 8.29. The van der Waals surface area contributed by atoms with Crippen LogP contribution < -0.4 is 18.9 Å². The minimum Gasteiger partial charge on any atom is -0.497 e. The molecule has 0 aliphatic carbocycles. The van der Waals surface area contributed by atoms with Gasteiger partial charge in [-0.05, 0) is 96.5 Å². The number of aryl methyl sites for hydroxylation is 4. The van der Waals surface area contributed by atoms with Crippen molar-refractivity contribution in [1.82, 2.24) is 0 Å². The Morgan fingerprint density at radius 2 is 0.943 bits per heavy atom. The van der Waals surface area contributed by atoms with Gasteiger partial charge in [0, 0.05) is 0 Å². The highest BCUT2D eigenvalue weighted by Crippen LogP contribution is 2.33. The summed E-state index contributed by atoms with van der Waals surface area (Å²) in [5.74, 6) is 4.01. The van der Waals surface area contributed by atoms with Crippen LogP contribution in [0, 0.1) is 0 Å². The van der Waals surface area contributed by atoms with Gasteiger partial charge in [-0.3, -0.25) is 0 Å². The van der Waals surface area contributed by atoms with Crippen molar-refractivity contribution in [2.45, 2.75) is 25.7 Å². The number of rotatable bonds is 11. The molecule has 0 aliphatic rings. The molecule has 4 nitrogen and oxygen atoms in total. The van der Waals surface area contributed by atoms with E-state index in [0.717, 1.165) is 54.4 Å². The van der Waals surface area contributed by atoms with Crippen molar-refractivity contribution < 1.29 is 18.9 Å². The van der Waals surface area contributed by atoms with Gasteiger partial charge in [-0.2, -0.15) is 0 Å². The molecular formula is C31H32O4. The largest absolute Gasteiger partial charge is 0.497 e. The Balaban J connectivity index is 1.39. The van der Waals surface area contributed by atoms with Gasteiger partial charge in [-0.1, -0.05) is 42.5 Å². The molecule has 0 saturated carbocycles. The Morgan fingerprint density at radius 1 is 0.429 bits per heavy atom. The Labute approximate surface area is 208 Å². The van der Waals surface area contributed by atoms with Crippen molar-refractivity contribution in [3.8, 4) is 28.7 Å². The van der Waals surface area contributed by atoms with Gasteiger partial charge in [0.2, 0.25) is 0 Å². The molecule has 180 valence electrons. The highest BCUT2D eigenvalue weighted by Gasteiger charge is 2.09. The van der Waals surface area contributed by atoms with Crippen LogP contribution in [-0.4, -0.2) is 21.3 Å². The first-order chi connectivity index (χ1) is 17.2. The van der Waals surface area contributed by atoms with Crippen LogP contribution in [0.3, 0.4) is 0 Å². The van der Waals surface area contributed by atoms with Gasteiger partial charge in [0.1, 0.15) is 17.2 Å². The normalized spacial score (nSPS) is 10.6. The first-order valence-electron chi connectivity index (χ1n) is 11.9. The molecule has 0 bridgehead atoms. The molecule has 0 amide bonds. The molecule has 4 rings (SSSR count). The monoisotopic (exact) mass is 468 g/mol. The zero-order valence-corrected chi connectivity index (χ0v) is 20.6. The van der Waals surface area contributed by atoms with Gasteiger partial charge < -0.3 is 18.9 Å². The van der Waals surface area contributed by atoms with Crippen LogP contribution in [0.4, 0.5) is 0 Å². The van der Waals surface area contributed by atoms with E-state index < -0.39 is 0 Å². The lowest BCUT2D eigenvalue weighted by atomic mass is 10.0. The van der Waals surface area contributed by atoms with E-state index in [1.807, 2.05) is 42.5 Å². The van der Waals surface area contributed by atoms with E-state index in [1.54, 1.807) is 21.3 Å². The van der Waals surface area contributed by atoms with E-state index in [-0.39, 0.29) is 0 Å². The minimum atomic E-state index is 0.720. The van der Waals surface area contributed by atoms with E-state index in [2.05, 4.69) is 48.5 Å². The summed E-state index contributed by atoms with van der Waals surface area (Å²) in [6.45, 7) is 0. The SMILES string of the molecule is COc1cccc(CCc2ccc(Oc3cc(CCc4cccc(OC)c4)ccc3OC)cc2)c1. The third kappa shape index (κ3) is 6.80. The maximum atomic E-state index is 6.22. The van der Waals surface area contributed by atoms with Gasteiger partial charge in [-0.15, -0.1) is 0 Å². The molecule has 0 unspecified atom stereocenters.